The molecule has 3 aromatic rings. The molecule has 0 unspecified atom stereocenters. The molecule has 10 nitrogen and oxygen atoms in total. The molecule has 1 saturated heterocycles. The van der Waals surface area contributed by atoms with Crippen molar-refractivity contribution < 1.29 is 38.5 Å². The number of carbonyl (C=O) groups is 4. The molecule has 10 heteroatoms. The predicted octanol–water partition coefficient (Wildman–Crippen LogP) is 2.70. The number of carboxylic acids is 2. The summed E-state index contributed by atoms with van der Waals surface area (Å²) in [4.78, 5) is 48.0. The number of furan rings is 1. The van der Waals surface area contributed by atoms with Crippen LogP contribution in [0.2, 0.25) is 0 Å². The van der Waals surface area contributed by atoms with Gasteiger partial charge in [0.05, 0.1) is 18.7 Å². The molecule has 2 aliphatic heterocycles. The van der Waals surface area contributed by atoms with E-state index in [9.17, 15) is 9.59 Å². The number of rotatable bonds is 4. The molecule has 0 atom stereocenters. The van der Waals surface area contributed by atoms with Gasteiger partial charge in [-0.05, 0) is 24.3 Å². The number of nitrogens with zero attached hydrogens (tertiary/aromatic N) is 2. The molecule has 186 valence electrons. The van der Waals surface area contributed by atoms with Crippen LogP contribution in [0.1, 0.15) is 27.6 Å². The van der Waals surface area contributed by atoms with E-state index in [1.165, 1.54) is 6.26 Å². The van der Waals surface area contributed by atoms with Crippen LogP contribution in [0.4, 0.5) is 0 Å². The van der Waals surface area contributed by atoms with E-state index in [1.807, 2.05) is 53.4 Å². The average Bonchev–Trinajstić information content (AvgIpc) is 3.43. The second kappa shape index (κ2) is 10.9. The number of amides is 1. The molecule has 36 heavy (non-hydrogen) atoms. The number of carbonyl (C=O) groups excluding carboxylic acids is 2. The van der Waals surface area contributed by atoms with Gasteiger partial charge in [0, 0.05) is 37.3 Å². The molecule has 2 N–H and O–H groups in total. The van der Waals surface area contributed by atoms with Crippen LogP contribution < -0.4 is 4.74 Å². The summed E-state index contributed by atoms with van der Waals surface area (Å²) in [6.07, 6.45) is 1.51. The number of aliphatic carboxylic acids is 2. The second-order valence-corrected chi connectivity index (χ2v) is 8.22. The van der Waals surface area contributed by atoms with E-state index in [-0.39, 0.29) is 17.6 Å². The Morgan fingerprint density at radius 3 is 1.83 bits per heavy atom. The Bertz CT molecular complexity index is 1200. The lowest BCUT2D eigenvalue weighted by Gasteiger charge is -2.37. The van der Waals surface area contributed by atoms with E-state index in [0.717, 1.165) is 22.6 Å². The number of para-hydroxylation sites is 2. The van der Waals surface area contributed by atoms with Gasteiger partial charge in [-0.3, -0.25) is 14.5 Å². The lowest BCUT2D eigenvalue weighted by Crippen LogP contribution is -2.51. The van der Waals surface area contributed by atoms with Crippen molar-refractivity contribution in [1.82, 2.24) is 9.80 Å². The van der Waals surface area contributed by atoms with Crippen LogP contribution >= 0.6 is 0 Å². The molecule has 0 bridgehead atoms. The third-order valence-corrected chi connectivity index (χ3v) is 5.96. The van der Waals surface area contributed by atoms with Crippen LogP contribution in [-0.4, -0.2) is 76.4 Å². The Kier molecular flexibility index (Phi) is 7.45. The van der Waals surface area contributed by atoms with E-state index < -0.39 is 11.9 Å². The Labute approximate surface area is 206 Å². The van der Waals surface area contributed by atoms with Crippen molar-refractivity contribution in [2.24, 2.45) is 0 Å². The van der Waals surface area contributed by atoms with Crippen LogP contribution in [0.3, 0.4) is 0 Å². The predicted molar refractivity (Wildman–Crippen MR) is 126 cm³/mol. The molecule has 5 rings (SSSR count). The summed E-state index contributed by atoms with van der Waals surface area (Å²) in [5.41, 5.74) is 1.80. The zero-order valence-corrected chi connectivity index (χ0v) is 19.2. The number of Topliss-reactive ketones (excluding diaryl/α,β-unsaturated/α-hetero) is 1. The van der Waals surface area contributed by atoms with Crippen molar-refractivity contribution in [1.29, 1.82) is 0 Å². The highest BCUT2D eigenvalue weighted by Crippen LogP contribution is 2.44. The zero-order valence-electron chi connectivity index (χ0n) is 19.2. The molecule has 0 saturated carbocycles. The Hall–Kier alpha value is -4.44. The Balaban J connectivity index is 0.000000455. The second-order valence-electron chi connectivity index (χ2n) is 8.22. The minimum atomic E-state index is -1.82. The van der Waals surface area contributed by atoms with Gasteiger partial charge in [0.25, 0.3) is 0 Å². The number of ketones is 1. The summed E-state index contributed by atoms with van der Waals surface area (Å²) < 4.78 is 11.2. The first-order valence-electron chi connectivity index (χ1n) is 11.2. The fourth-order valence-corrected chi connectivity index (χ4v) is 4.20. The van der Waals surface area contributed by atoms with E-state index >= 15 is 0 Å². The fraction of sp³-hybridized carbons (Fsp3) is 0.231. The quantitative estimate of drug-likeness (QED) is 0.416. The van der Waals surface area contributed by atoms with Crippen LogP contribution in [-0.2, 0) is 14.4 Å². The smallest absolute Gasteiger partial charge is 0.414 e. The third kappa shape index (κ3) is 5.44. The minimum absolute atomic E-state index is 0.0351. The normalized spacial score (nSPS) is 14.9. The van der Waals surface area contributed by atoms with Gasteiger partial charge in [0.1, 0.15) is 11.5 Å². The fourth-order valence-electron chi connectivity index (χ4n) is 4.20. The van der Waals surface area contributed by atoms with Gasteiger partial charge in [-0.25, -0.2) is 9.59 Å². The number of fused-ring (bicyclic) bond motifs is 2. The van der Waals surface area contributed by atoms with Gasteiger partial charge in [0.15, 0.2) is 5.76 Å². The van der Waals surface area contributed by atoms with E-state index in [1.54, 1.807) is 12.1 Å². The van der Waals surface area contributed by atoms with Gasteiger partial charge in [-0.2, -0.15) is 0 Å². The van der Waals surface area contributed by atoms with Gasteiger partial charge in [0.2, 0.25) is 11.7 Å². The number of carboxylic acid groups (broad SMARTS) is 2. The molecule has 1 amide bonds. The largest absolute Gasteiger partial charge is 0.473 e. The third-order valence-electron chi connectivity index (χ3n) is 5.96. The van der Waals surface area contributed by atoms with E-state index in [2.05, 4.69) is 4.90 Å². The summed E-state index contributed by atoms with van der Waals surface area (Å²) in [7, 11) is 0. The lowest BCUT2D eigenvalue weighted by molar-refractivity contribution is -0.159. The van der Waals surface area contributed by atoms with Crippen molar-refractivity contribution in [2.45, 2.75) is 5.92 Å². The maximum Gasteiger partial charge on any atom is 0.414 e. The highest BCUT2D eigenvalue weighted by Gasteiger charge is 2.36. The summed E-state index contributed by atoms with van der Waals surface area (Å²) in [6, 6.07) is 18.9. The van der Waals surface area contributed by atoms with E-state index in [4.69, 9.17) is 29.0 Å². The maximum absolute atomic E-state index is 13.6. The molecule has 2 aliphatic rings. The summed E-state index contributed by atoms with van der Waals surface area (Å²) >= 11 is 0. The number of hydrogen-bond acceptors (Lipinski definition) is 7. The minimum Gasteiger partial charge on any atom is -0.473 e. The van der Waals surface area contributed by atoms with Crippen LogP contribution in [0.5, 0.6) is 11.5 Å². The van der Waals surface area contributed by atoms with Crippen molar-refractivity contribution >= 4 is 23.6 Å². The standard InChI is InChI=1S/C24H22N2O4.C2H2O4/c27-19(22-10-5-15-29-22)16-25-11-13-26(14-12-25)24(28)23-17-6-1-3-8-20(17)30-21-9-4-2-7-18(21)23;3-1(4)2(5)6/h1-10,15,23H,11-14,16H2;(H,3,4)(H,5,6). The molecular weight excluding hydrogens is 468 g/mol. The van der Waals surface area contributed by atoms with Gasteiger partial charge in [-0.1, -0.05) is 36.4 Å². The summed E-state index contributed by atoms with van der Waals surface area (Å²) in [5.74, 6) is -2.13. The maximum atomic E-state index is 13.6. The van der Waals surface area contributed by atoms with Crippen molar-refractivity contribution in [3.8, 4) is 11.5 Å². The summed E-state index contributed by atoms with van der Waals surface area (Å²) in [5, 5.41) is 14.8. The molecule has 0 radical (unpaired) electrons. The Morgan fingerprint density at radius 2 is 1.33 bits per heavy atom. The molecule has 0 aliphatic carbocycles. The average molecular weight is 492 g/mol. The number of ether oxygens (including phenoxy) is 1. The first-order valence-corrected chi connectivity index (χ1v) is 11.2. The van der Waals surface area contributed by atoms with Gasteiger partial charge >= 0.3 is 11.9 Å². The number of hydrogen-bond donors (Lipinski definition) is 2. The molecule has 1 aromatic heterocycles. The molecule has 1 fully saturated rings. The van der Waals surface area contributed by atoms with Crippen molar-refractivity contribution in [2.75, 3.05) is 32.7 Å². The number of benzene rings is 2. The lowest BCUT2D eigenvalue weighted by atomic mass is 9.86. The molecular formula is C26H24N2O8. The topological polar surface area (TPSA) is 138 Å². The first kappa shape index (κ1) is 24.7. The first-order chi connectivity index (χ1) is 17.3. The van der Waals surface area contributed by atoms with Gasteiger partial charge in [-0.15, -0.1) is 0 Å². The van der Waals surface area contributed by atoms with Crippen LogP contribution in [0, 0.1) is 0 Å². The SMILES string of the molecule is O=C(CN1CCN(C(=O)C2c3ccccc3Oc3ccccc32)CC1)c1ccco1.O=C(O)C(=O)O. The highest BCUT2D eigenvalue weighted by atomic mass is 16.5. The van der Waals surface area contributed by atoms with Crippen LogP contribution in [0.15, 0.2) is 71.3 Å². The monoisotopic (exact) mass is 492 g/mol. The van der Waals surface area contributed by atoms with Crippen LogP contribution in [0.25, 0.3) is 0 Å². The van der Waals surface area contributed by atoms with E-state index in [0.29, 0.717) is 38.5 Å². The van der Waals surface area contributed by atoms with Crippen molar-refractivity contribution in [3.63, 3.8) is 0 Å². The van der Waals surface area contributed by atoms with Crippen molar-refractivity contribution in [3.05, 3.63) is 83.8 Å². The Morgan fingerprint density at radius 1 is 0.778 bits per heavy atom. The summed E-state index contributed by atoms with van der Waals surface area (Å²) in [6.45, 7) is 2.80. The number of piperazine rings is 1. The highest BCUT2D eigenvalue weighted by molar-refractivity contribution is 6.27. The molecule has 3 heterocycles. The zero-order chi connectivity index (χ0) is 25.7. The molecule has 2 aromatic carbocycles. The van der Waals surface area contributed by atoms with Gasteiger partial charge < -0.3 is 24.3 Å². The molecule has 0 spiro atoms.